The molecule has 0 fully saturated rings. The Morgan fingerprint density at radius 2 is 1.88 bits per heavy atom. The van der Waals surface area contributed by atoms with E-state index in [2.05, 4.69) is 9.97 Å². The van der Waals surface area contributed by atoms with E-state index in [4.69, 9.17) is 4.42 Å². The second-order valence-electron chi connectivity index (χ2n) is 5.71. The number of pyridine rings is 1. The Kier molecular flexibility index (Phi) is 3.68. The van der Waals surface area contributed by atoms with Gasteiger partial charge >= 0.3 is 11.9 Å². The fraction of sp³-hybridized carbons (Fsp3) is 0.111. The van der Waals surface area contributed by atoms with Crippen molar-refractivity contribution in [2.24, 2.45) is 0 Å². The van der Waals surface area contributed by atoms with E-state index in [1.165, 1.54) is 6.26 Å². The predicted molar refractivity (Wildman–Crippen MR) is 88.6 cm³/mol. The number of nitrogens with zero attached hydrogens (tertiary/aromatic N) is 2. The number of H-pyrrole nitrogens is 1. The van der Waals surface area contributed by atoms with E-state index < -0.39 is 17.4 Å². The number of halogens is 3. The minimum Gasteiger partial charge on any atom is -0.467 e. The normalized spacial score (nSPS) is 12.0. The van der Waals surface area contributed by atoms with Crippen LogP contribution < -0.4 is 5.69 Å². The van der Waals surface area contributed by atoms with E-state index in [0.717, 1.165) is 10.6 Å². The Morgan fingerprint density at radius 1 is 1.12 bits per heavy atom. The van der Waals surface area contributed by atoms with Gasteiger partial charge in [0.05, 0.1) is 29.6 Å². The molecule has 0 atom stereocenters. The second kappa shape index (κ2) is 5.91. The summed E-state index contributed by atoms with van der Waals surface area (Å²) in [5.41, 5.74) is -1.36. The molecule has 0 aliphatic heterocycles. The number of aromatic nitrogens is 3. The molecule has 0 aliphatic rings. The molecule has 3 aromatic heterocycles. The first-order chi connectivity index (χ1) is 12.4. The highest BCUT2D eigenvalue weighted by atomic mass is 19.4. The maximum atomic E-state index is 13.6. The number of nitrogens with one attached hydrogen (secondary N) is 1. The van der Waals surface area contributed by atoms with Gasteiger partial charge in [0, 0.05) is 5.56 Å². The van der Waals surface area contributed by atoms with Crippen molar-refractivity contribution in [1.29, 1.82) is 0 Å². The quantitative estimate of drug-likeness (QED) is 0.600. The van der Waals surface area contributed by atoms with Crippen LogP contribution in [0.25, 0.3) is 22.4 Å². The Bertz CT molecular complexity index is 1110. The number of hydrogen-bond acceptors (Lipinski definition) is 3. The van der Waals surface area contributed by atoms with Crippen molar-refractivity contribution in [3.05, 3.63) is 76.6 Å². The molecule has 4 aromatic rings. The van der Waals surface area contributed by atoms with Gasteiger partial charge in [-0.05, 0) is 18.2 Å². The molecule has 0 unspecified atom stereocenters. The maximum Gasteiger partial charge on any atom is 0.418 e. The van der Waals surface area contributed by atoms with Gasteiger partial charge in [0.25, 0.3) is 0 Å². The number of fused-ring (bicyclic) bond motifs is 1. The van der Waals surface area contributed by atoms with Gasteiger partial charge in [-0.25, -0.2) is 9.78 Å². The smallest absolute Gasteiger partial charge is 0.418 e. The van der Waals surface area contributed by atoms with Crippen molar-refractivity contribution < 1.29 is 17.6 Å². The Morgan fingerprint density at radius 3 is 2.54 bits per heavy atom. The van der Waals surface area contributed by atoms with Gasteiger partial charge in [0.15, 0.2) is 5.65 Å². The van der Waals surface area contributed by atoms with E-state index in [1.54, 1.807) is 42.5 Å². The topological polar surface area (TPSA) is 63.8 Å². The third kappa shape index (κ3) is 2.79. The van der Waals surface area contributed by atoms with Crippen LogP contribution in [-0.2, 0) is 12.7 Å². The lowest BCUT2D eigenvalue weighted by molar-refractivity contribution is -0.136. The standard InChI is InChI=1S/C18H12F3N3O2/c19-18(20,21)13-9-14(11-5-2-1-3-6-11)22-16-15(13)23-17(25)24(16)10-12-7-4-8-26-12/h1-9H,10H2,(H,23,25). The van der Waals surface area contributed by atoms with E-state index in [-0.39, 0.29) is 23.4 Å². The van der Waals surface area contributed by atoms with Crippen LogP contribution in [0, 0.1) is 0 Å². The maximum absolute atomic E-state index is 13.6. The summed E-state index contributed by atoms with van der Waals surface area (Å²) in [5, 5.41) is 0. The van der Waals surface area contributed by atoms with Gasteiger partial charge in [0.2, 0.25) is 0 Å². The average Bonchev–Trinajstić information content (AvgIpc) is 3.23. The molecule has 0 spiro atoms. The first-order valence-corrected chi connectivity index (χ1v) is 7.72. The van der Waals surface area contributed by atoms with Crippen LogP contribution in [0.2, 0.25) is 0 Å². The molecular formula is C18H12F3N3O2. The molecule has 0 saturated carbocycles. The fourth-order valence-electron chi connectivity index (χ4n) is 2.81. The van der Waals surface area contributed by atoms with Crippen LogP contribution in [0.3, 0.4) is 0 Å². The van der Waals surface area contributed by atoms with Crippen LogP contribution >= 0.6 is 0 Å². The Hall–Kier alpha value is -3.29. The Balaban J connectivity index is 1.99. The summed E-state index contributed by atoms with van der Waals surface area (Å²) < 4.78 is 47.0. The van der Waals surface area contributed by atoms with Crippen molar-refractivity contribution in [3.8, 4) is 11.3 Å². The zero-order valence-electron chi connectivity index (χ0n) is 13.2. The highest BCUT2D eigenvalue weighted by Gasteiger charge is 2.35. The number of aromatic amines is 1. The third-order valence-electron chi connectivity index (χ3n) is 4.00. The second-order valence-corrected chi connectivity index (χ2v) is 5.71. The van der Waals surface area contributed by atoms with Crippen molar-refractivity contribution in [3.63, 3.8) is 0 Å². The van der Waals surface area contributed by atoms with E-state index in [0.29, 0.717) is 11.3 Å². The summed E-state index contributed by atoms with van der Waals surface area (Å²) in [6.07, 6.45) is -3.20. The molecule has 0 bridgehead atoms. The molecular weight excluding hydrogens is 347 g/mol. The molecule has 1 aromatic carbocycles. The zero-order valence-corrected chi connectivity index (χ0v) is 13.2. The number of furan rings is 1. The lowest BCUT2D eigenvalue weighted by atomic mass is 10.1. The van der Waals surface area contributed by atoms with E-state index in [1.807, 2.05) is 0 Å². The van der Waals surface area contributed by atoms with Crippen LogP contribution in [0.1, 0.15) is 11.3 Å². The average molecular weight is 359 g/mol. The summed E-state index contributed by atoms with van der Waals surface area (Å²) in [5.74, 6) is 0.438. The first-order valence-electron chi connectivity index (χ1n) is 7.72. The van der Waals surface area contributed by atoms with Crippen LogP contribution in [-0.4, -0.2) is 14.5 Å². The molecule has 0 amide bonds. The lowest BCUT2D eigenvalue weighted by Crippen LogP contribution is -2.17. The number of rotatable bonds is 3. The van der Waals surface area contributed by atoms with Gasteiger partial charge in [-0.15, -0.1) is 0 Å². The van der Waals surface area contributed by atoms with Gasteiger partial charge < -0.3 is 9.40 Å². The highest BCUT2D eigenvalue weighted by molar-refractivity contribution is 5.80. The zero-order chi connectivity index (χ0) is 18.3. The summed E-state index contributed by atoms with van der Waals surface area (Å²) in [6.45, 7) is -0.0195. The summed E-state index contributed by atoms with van der Waals surface area (Å²) in [4.78, 5) is 18.8. The minimum atomic E-state index is -4.63. The van der Waals surface area contributed by atoms with Gasteiger partial charge in [-0.2, -0.15) is 13.2 Å². The molecule has 0 aliphatic carbocycles. The number of hydrogen-bond donors (Lipinski definition) is 1. The van der Waals surface area contributed by atoms with E-state index in [9.17, 15) is 18.0 Å². The molecule has 0 saturated heterocycles. The van der Waals surface area contributed by atoms with E-state index >= 15 is 0 Å². The van der Waals surface area contributed by atoms with Crippen molar-refractivity contribution in [2.75, 3.05) is 0 Å². The van der Waals surface area contributed by atoms with Gasteiger partial charge in [-0.1, -0.05) is 30.3 Å². The number of alkyl halides is 3. The number of imidazole rings is 1. The lowest BCUT2D eigenvalue weighted by Gasteiger charge is -2.11. The van der Waals surface area contributed by atoms with Crippen LogP contribution in [0.15, 0.2) is 64.0 Å². The van der Waals surface area contributed by atoms with Gasteiger partial charge in [0.1, 0.15) is 5.76 Å². The molecule has 1 N–H and O–H groups in total. The number of benzene rings is 1. The largest absolute Gasteiger partial charge is 0.467 e. The van der Waals surface area contributed by atoms with Crippen molar-refractivity contribution in [2.45, 2.75) is 12.7 Å². The molecule has 3 heterocycles. The Labute approximate surface area is 144 Å². The third-order valence-corrected chi connectivity index (χ3v) is 4.00. The van der Waals surface area contributed by atoms with Gasteiger partial charge in [-0.3, -0.25) is 4.57 Å². The fourth-order valence-corrected chi connectivity index (χ4v) is 2.81. The SMILES string of the molecule is O=c1[nH]c2c(C(F)(F)F)cc(-c3ccccc3)nc2n1Cc1ccco1. The molecule has 8 heteroatoms. The summed E-state index contributed by atoms with van der Waals surface area (Å²) in [6, 6.07) is 12.7. The van der Waals surface area contributed by atoms with Crippen LogP contribution in [0.4, 0.5) is 13.2 Å². The molecule has 0 radical (unpaired) electrons. The first kappa shape index (κ1) is 16.2. The molecule has 26 heavy (non-hydrogen) atoms. The predicted octanol–water partition coefficient (Wildman–Crippen LogP) is 4.05. The monoisotopic (exact) mass is 359 g/mol. The summed E-state index contributed by atoms with van der Waals surface area (Å²) >= 11 is 0. The minimum absolute atomic E-state index is 0.0195. The van der Waals surface area contributed by atoms with Crippen molar-refractivity contribution >= 4 is 11.2 Å². The highest BCUT2D eigenvalue weighted by Crippen LogP contribution is 2.35. The van der Waals surface area contributed by atoms with Crippen LogP contribution in [0.5, 0.6) is 0 Å². The molecule has 5 nitrogen and oxygen atoms in total. The molecule has 132 valence electrons. The summed E-state index contributed by atoms with van der Waals surface area (Å²) in [7, 11) is 0. The van der Waals surface area contributed by atoms with Crippen molar-refractivity contribution in [1.82, 2.24) is 14.5 Å². The molecule has 4 rings (SSSR count).